The molecule has 0 atom stereocenters. The first kappa shape index (κ1) is 8.75. The minimum absolute atomic E-state index is 0.720. The van der Waals surface area contributed by atoms with Crippen LogP contribution in [-0.4, -0.2) is 29.5 Å². The highest BCUT2D eigenvalue weighted by molar-refractivity contribution is 5.93. The molecule has 3 nitrogen and oxygen atoms in total. The van der Waals surface area contributed by atoms with Gasteiger partial charge in [0.15, 0.2) is 0 Å². The monoisotopic (exact) mass is 163 g/mol. The van der Waals surface area contributed by atoms with Crippen LogP contribution >= 0.6 is 0 Å². The third-order valence-corrected chi connectivity index (χ3v) is 1.93. The Kier molecular flexibility index (Phi) is 2.46. The van der Waals surface area contributed by atoms with Gasteiger partial charge in [-0.05, 0) is 18.6 Å². The molecule has 64 valence electrons. The molecule has 0 radical (unpaired) electrons. The fourth-order valence-corrected chi connectivity index (χ4v) is 1.34. The Morgan fingerprint density at radius 2 is 2.08 bits per heavy atom. The first-order valence-corrected chi connectivity index (χ1v) is 3.91. The van der Waals surface area contributed by atoms with Gasteiger partial charge in [-0.25, -0.2) is 0 Å². The van der Waals surface area contributed by atoms with Crippen molar-refractivity contribution in [3.63, 3.8) is 0 Å². The summed E-state index contributed by atoms with van der Waals surface area (Å²) in [7, 11) is 4.01. The SMILES string of the molecule is CC1=C(N(C)C)C=CC(=[N+]=[N-])C1. The molecule has 0 aromatic heterocycles. The predicted octanol–water partition coefficient (Wildman–Crippen LogP) is 1.45. The highest BCUT2D eigenvalue weighted by Crippen LogP contribution is 2.17. The molecule has 1 aliphatic rings. The molecule has 0 amide bonds. The molecule has 0 saturated carbocycles. The highest BCUT2D eigenvalue weighted by atomic mass is 15.1. The van der Waals surface area contributed by atoms with Crippen molar-refractivity contribution in [1.29, 1.82) is 0 Å². The smallest absolute Gasteiger partial charge is 0.296 e. The number of hydrogen-bond acceptors (Lipinski definition) is 1. The normalized spacial score (nSPS) is 16.4. The third-order valence-electron chi connectivity index (χ3n) is 1.93. The second kappa shape index (κ2) is 3.37. The molecule has 0 fully saturated rings. The van der Waals surface area contributed by atoms with Gasteiger partial charge in [-0.3, -0.25) is 0 Å². The van der Waals surface area contributed by atoms with Crippen LogP contribution < -0.4 is 0 Å². The molecule has 0 spiro atoms. The highest BCUT2D eigenvalue weighted by Gasteiger charge is 2.14. The average Bonchev–Trinajstić information content (AvgIpc) is 2.03. The summed E-state index contributed by atoms with van der Waals surface area (Å²) in [5.41, 5.74) is 11.7. The molecule has 1 rings (SSSR count). The summed E-state index contributed by atoms with van der Waals surface area (Å²) in [4.78, 5) is 5.22. The van der Waals surface area contributed by atoms with Crippen LogP contribution in [0.1, 0.15) is 13.3 Å². The van der Waals surface area contributed by atoms with Crippen molar-refractivity contribution in [2.45, 2.75) is 13.3 Å². The van der Waals surface area contributed by atoms with E-state index in [1.807, 2.05) is 33.2 Å². The summed E-state index contributed by atoms with van der Waals surface area (Å²) >= 11 is 0. The van der Waals surface area contributed by atoms with E-state index in [-0.39, 0.29) is 0 Å². The number of rotatable bonds is 1. The Balaban J connectivity index is 2.95. The molecule has 0 aliphatic heterocycles. The van der Waals surface area contributed by atoms with Crippen LogP contribution in [0.3, 0.4) is 0 Å². The third kappa shape index (κ3) is 1.63. The maximum atomic E-state index is 8.53. The van der Waals surface area contributed by atoms with Gasteiger partial charge in [0.2, 0.25) is 0 Å². The molecule has 0 aromatic rings. The molecule has 0 heterocycles. The first-order chi connectivity index (χ1) is 5.65. The molecule has 1 aliphatic carbocycles. The van der Waals surface area contributed by atoms with Crippen molar-refractivity contribution in [2.75, 3.05) is 14.1 Å². The van der Waals surface area contributed by atoms with Crippen LogP contribution in [0.25, 0.3) is 5.53 Å². The summed E-state index contributed by atoms with van der Waals surface area (Å²) in [6, 6.07) is 0. The van der Waals surface area contributed by atoms with Crippen molar-refractivity contribution >= 4 is 5.71 Å². The summed E-state index contributed by atoms with van der Waals surface area (Å²) < 4.78 is 0. The van der Waals surface area contributed by atoms with Gasteiger partial charge in [-0.2, -0.15) is 4.79 Å². The quantitative estimate of drug-likeness (QED) is 0.426. The molecule has 0 N–H and O–H groups in total. The van der Waals surface area contributed by atoms with E-state index in [1.165, 1.54) is 11.3 Å². The van der Waals surface area contributed by atoms with E-state index in [2.05, 4.69) is 9.69 Å². The molecular formula is C9H13N3. The second-order valence-corrected chi connectivity index (χ2v) is 3.16. The standard InChI is InChI=1S/C9H13N3/c1-7-6-8(11-10)4-5-9(7)12(2)3/h4-5H,6H2,1-3H3. The molecule has 0 unspecified atom stereocenters. The van der Waals surface area contributed by atoms with Gasteiger partial charge < -0.3 is 10.4 Å². The van der Waals surface area contributed by atoms with E-state index < -0.39 is 0 Å². The maximum Gasteiger partial charge on any atom is 0.296 e. The fourth-order valence-electron chi connectivity index (χ4n) is 1.34. The van der Waals surface area contributed by atoms with Gasteiger partial charge in [0.1, 0.15) is 0 Å². The second-order valence-electron chi connectivity index (χ2n) is 3.16. The van der Waals surface area contributed by atoms with E-state index >= 15 is 0 Å². The predicted molar refractivity (Wildman–Crippen MR) is 48.8 cm³/mol. The molecule has 3 heteroatoms. The van der Waals surface area contributed by atoms with Crippen LogP contribution in [0.2, 0.25) is 0 Å². The Morgan fingerprint density at radius 1 is 1.42 bits per heavy atom. The summed E-state index contributed by atoms with van der Waals surface area (Å²) in [5, 5.41) is 0. The van der Waals surface area contributed by atoms with Gasteiger partial charge >= 0.3 is 0 Å². The van der Waals surface area contributed by atoms with Crippen molar-refractivity contribution in [3.8, 4) is 0 Å². The topological polar surface area (TPSA) is 39.6 Å². The Hall–Kier alpha value is -1.34. The number of nitrogens with zero attached hydrogens (tertiary/aromatic N) is 3. The van der Waals surface area contributed by atoms with Crippen LogP contribution in [0.5, 0.6) is 0 Å². The number of allylic oxidation sites excluding steroid dienone is 3. The lowest BCUT2D eigenvalue weighted by Gasteiger charge is -2.18. The minimum Gasteiger partial charge on any atom is -0.378 e. The van der Waals surface area contributed by atoms with Gasteiger partial charge in [-0.15, -0.1) is 0 Å². The lowest BCUT2D eigenvalue weighted by molar-refractivity contribution is -0.00568. The molecule has 12 heavy (non-hydrogen) atoms. The number of likely N-dealkylation sites (N-methyl/N-ethyl adjacent to an activating group) is 1. The van der Waals surface area contributed by atoms with Crippen LogP contribution in [-0.2, 0) is 0 Å². The Labute approximate surface area is 72.6 Å². The first-order valence-electron chi connectivity index (χ1n) is 3.91. The largest absolute Gasteiger partial charge is 0.378 e. The summed E-state index contributed by atoms with van der Waals surface area (Å²) in [5.74, 6) is 0. The minimum atomic E-state index is 0.720. The van der Waals surface area contributed by atoms with E-state index in [4.69, 9.17) is 5.53 Å². The van der Waals surface area contributed by atoms with Gasteiger partial charge in [-0.1, -0.05) is 0 Å². The van der Waals surface area contributed by atoms with E-state index in [0.717, 1.165) is 12.1 Å². The zero-order valence-corrected chi connectivity index (χ0v) is 7.70. The van der Waals surface area contributed by atoms with E-state index in [1.54, 1.807) is 0 Å². The Bertz CT molecular complexity index is 291. The zero-order valence-electron chi connectivity index (χ0n) is 7.70. The van der Waals surface area contributed by atoms with Gasteiger partial charge in [0.25, 0.3) is 5.71 Å². The van der Waals surface area contributed by atoms with Crippen molar-refractivity contribution in [3.05, 3.63) is 29.0 Å². The molecule has 0 bridgehead atoms. The number of hydrogen-bond donors (Lipinski definition) is 0. The average molecular weight is 163 g/mol. The maximum absolute atomic E-state index is 8.53. The van der Waals surface area contributed by atoms with E-state index in [9.17, 15) is 0 Å². The van der Waals surface area contributed by atoms with Crippen molar-refractivity contribution in [1.82, 2.24) is 4.90 Å². The summed E-state index contributed by atoms with van der Waals surface area (Å²) in [6.07, 6.45) is 4.54. The lowest BCUT2D eigenvalue weighted by Crippen LogP contribution is -2.15. The lowest BCUT2D eigenvalue weighted by atomic mass is 10.0. The summed E-state index contributed by atoms with van der Waals surface area (Å²) in [6.45, 7) is 2.05. The van der Waals surface area contributed by atoms with Crippen LogP contribution in [0.15, 0.2) is 23.4 Å². The molecular weight excluding hydrogens is 150 g/mol. The Morgan fingerprint density at radius 3 is 2.50 bits per heavy atom. The van der Waals surface area contributed by atoms with Gasteiger partial charge in [0.05, 0.1) is 6.42 Å². The van der Waals surface area contributed by atoms with Crippen molar-refractivity contribution in [2.24, 2.45) is 0 Å². The molecule has 0 saturated heterocycles. The zero-order chi connectivity index (χ0) is 9.14. The fraction of sp³-hybridized carbons (Fsp3) is 0.444. The van der Waals surface area contributed by atoms with Crippen molar-refractivity contribution < 1.29 is 4.79 Å². The van der Waals surface area contributed by atoms with E-state index in [0.29, 0.717) is 0 Å². The van der Waals surface area contributed by atoms with Crippen LogP contribution in [0.4, 0.5) is 0 Å². The van der Waals surface area contributed by atoms with Gasteiger partial charge in [0, 0.05) is 25.9 Å². The van der Waals surface area contributed by atoms with Crippen LogP contribution in [0, 0.1) is 0 Å². The molecule has 0 aromatic carbocycles.